The number of para-hydroxylation sites is 1. The number of phenols is 1. The Bertz CT molecular complexity index is 1130. The predicted octanol–water partition coefficient (Wildman–Crippen LogP) is 2.91. The van der Waals surface area contributed by atoms with E-state index in [1.165, 1.54) is 9.80 Å². The van der Waals surface area contributed by atoms with Crippen LogP contribution in [-0.4, -0.2) is 41.5 Å². The summed E-state index contributed by atoms with van der Waals surface area (Å²) in [5, 5.41) is 21.2. The maximum Gasteiger partial charge on any atom is 0.258 e. The quantitative estimate of drug-likeness (QED) is 0.751. The van der Waals surface area contributed by atoms with Crippen molar-refractivity contribution < 1.29 is 14.7 Å². The van der Waals surface area contributed by atoms with Gasteiger partial charge >= 0.3 is 0 Å². The van der Waals surface area contributed by atoms with E-state index in [0.29, 0.717) is 17.8 Å². The van der Waals surface area contributed by atoms with Crippen LogP contribution in [0.2, 0.25) is 0 Å². The number of nitrogens with zero attached hydrogens (tertiary/aromatic N) is 3. The molecule has 3 aromatic carbocycles. The number of nitriles is 1. The largest absolute Gasteiger partial charge is 0.507 e. The minimum atomic E-state index is -0.384. The third-order valence-corrected chi connectivity index (χ3v) is 4.92. The Morgan fingerprint density at radius 3 is 2.39 bits per heavy atom. The molecular weight excluding hydrogens is 354 g/mol. The van der Waals surface area contributed by atoms with Gasteiger partial charge in [-0.05, 0) is 35.0 Å². The van der Waals surface area contributed by atoms with Gasteiger partial charge < -0.3 is 14.9 Å². The highest BCUT2D eigenvalue weighted by Crippen LogP contribution is 2.27. The average Bonchev–Trinajstić information content (AvgIpc) is 2.72. The maximum atomic E-state index is 12.9. The van der Waals surface area contributed by atoms with Gasteiger partial charge in [-0.3, -0.25) is 9.59 Å². The smallest absolute Gasteiger partial charge is 0.258 e. The van der Waals surface area contributed by atoms with Gasteiger partial charge in [0.2, 0.25) is 5.91 Å². The van der Waals surface area contributed by atoms with E-state index in [9.17, 15) is 20.0 Å². The fourth-order valence-electron chi connectivity index (χ4n) is 3.47. The molecule has 0 aliphatic carbocycles. The lowest BCUT2D eigenvalue weighted by Crippen LogP contribution is -2.52. The molecule has 1 saturated heterocycles. The number of carbonyl (C=O) groups excluding carboxylic acids is 2. The van der Waals surface area contributed by atoms with Crippen LogP contribution in [0.1, 0.15) is 15.9 Å². The fraction of sp³-hybridized carbons (Fsp3) is 0.136. The first-order valence-electron chi connectivity index (χ1n) is 8.89. The van der Waals surface area contributed by atoms with E-state index in [1.807, 2.05) is 24.3 Å². The number of hydrogen-bond donors (Lipinski definition) is 1. The first kappa shape index (κ1) is 17.6. The fourth-order valence-corrected chi connectivity index (χ4v) is 3.47. The maximum absolute atomic E-state index is 12.9. The topological polar surface area (TPSA) is 84.6 Å². The Balaban J connectivity index is 1.58. The third kappa shape index (κ3) is 3.03. The summed E-state index contributed by atoms with van der Waals surface area (Å²) in [6.07, 6.45) is 0. The summed E-state index contributed by atoms with van der Waals surface area (Å²) in [7, 11) is 0. The zero-order valence-electron chi connectivity index (χ0n) is 15.0. The van der Waals surface area contributed by atoms with Gasteiger partial charge in [-0.25, -0.2) is 0 Å². The van der Waals surface area contributed by atoms with Crippen LogP contribution >= 0.6 is 0 Å². The van der Waals surface area contributed by atoms with Crippen molar-refractivity contribution in [1.82, 2.24) is 4.90 Å². The lowest BCUT2D eigenvalue weighted by atomic mass is 10.0. The molecule has 2 amide bonds. The molecule has 0 aromatic heterocycles. The molecule has 0 radical (unpaired) electrons. The molecule has 0 bridgehead atoms. The second-order valence-corrected chi connectivity index (χ2v) is 6.62. The van der Waals surface area contributed by atoms with Crippen LogP contribution in [-0.2, 0) is 4.79 Å². The van der Waals surface area contributed by atoms with Gasteiger partial charge in [0.15, 0.2) is 0 Å². The zero-order valence-corrected chi connectivity index (χ0v) is 15.0. The summed E-state index contributed by atoms with van der Waals surface area (Å²) < 4.78 is 0. The molecule has 6 nitrogen and oxygen atoms in total. The summed E-state index contributed by atoms with van der Waals surface area (Å²) in [5.74, 6) is -0.749. The minimum Gasteiger partial charge on any atom is -0.507 e. The molecule has 0 atom stereocenters. The number of benzene rings is 3. The van der Waals surface area contributed by atoms with E-state index in [4.69, 9.17) is 0 Å². The van der Waals surface area contributed by atoms with Crippen molar-refractivity contribution in [1.29, 1.82) is 5.26 Å². The number of piperazine rings is 1. The second kappa shape index (κ2) is 7.05. The van der Waals surface area contributed by atoms with Gasteiger partial charge in [0, 0.05) is 13.1 Å². The van der Waals surface area contributed by atoms with Crippen LogP contribution in [0.15, 0.2) is 60.7 Å². The van der Waals surface area contributed by atoms with Crippen LogP contribution in [0.3, 0.4) is 0 Å². The van der Waals surface area contributed by atoms with E-state index < -0.39 is 0 Å². The monoisotopic (exact) mass is 371 g/mol. The van der Waals surface area contributed by atoms with Crippen LogP contribution in [0, 0.1) is 11.3 Å². The molecule has 1 aliphatic heterocycles. The van der Waals surface area contributed by atoms with E-state index >= 15 is 0 Å². The average molecular weight is 371 g/mol. The number of amides is 2. The molecule has 1 N–H and O–H groups in total. The molecule has 1 aliphatic rings. The molecule has 138 valence electrons. The molecule has 1 heterocycles. The van der Waals surface area contributed by atoms with Crippen LogP contribution in [0.25, 0.3) is 10.8 Å². The van der Waals surface area contributed by atoms with Crippen molar-refractivity contribution in [3.63, 3.8) is 0 Å². The Morgan fingerprint density at radius 1 is 1.00 bits per heavy atom. The van der Waals surface area contributed by atoms with E-state index in [0.717, 1.165) is 10.8 Å². The van der Waals surface area contributed by atoms with Gasteiger partial charge in [-0.15, -0.1) is 0 Å². The van der Waals surface area contributed by atoms with E-state index in [-0.39, 0.29) is 36.2 Å². The summed E-state index contributed by atoms with van der Waals surface area (Å²) in [6, 6.07) is 19.7. The van der Waals surface area contributed by atoms with Crippen molar-refractivity contribution >= 4 is 28.3 Å². The molecule has 0 saturated carbocycles. The molecule has 4 rings (SSSR count). The van der Waals surface area contributed by atoms with Crippen LogP contribution in [0.5, 0.6) is 5.75 Å². The molecule has 1 fully saturated rings. The summed E-state index contributed by atoms with van der Waals surface area (Å²) in [6.45, 7) is 0.499. The van der Waals surface area contributed by atoms with E-state index in [1.54, 1.807) is 36.4 Å². The van der Waals surface area contributed by atoms with Gasteiger partial charge in [0.05, 0.1) is 16.8 Å². The van der Waals surface area contributed by atoms with Crippen LogP contribution in [0.4, 0.5) is 5.69 Å². The molecule has 0 spiro atoms. The number of carbonyl (C=O) groups is 2. The first-order valence-corrected chi connectivity index (χ1v) is 8.89. The lowest BCUT2D eigenvalue weighted by molar-refractivity contribution is -0.120. The van der Waals surface area contributed by atoms with Gasteiger partial charge in [0.1, 0.15) is 18.4 Å². The SMILES string of the molecule is N#Cc1ccccc1N1CCN(C(=O)c2cc3ccccc3cc2O)CC1=O. The van der Waals surface area contributed by atoms with Crippen molar-refractivity contribution in [3.05, 3.63) is 71.8 Å². The Hall–Kier alpha value is -3.85. The number of phenolic OH excluding ortho intramolecular Hbond substituents is 1. The highest BCUT2D eigenvalue weighted by atomic mass is 16.3. The molecule has 0 unspecified atom stereocenters. The molecule has 3 aromatic rings. The molecule has 6 heteroatoms. The number of fused-ring (bicyclic) bond motifs is 1. The normalized spacial score (nSPS) is 14.2. The summed E-state index contributed by atoms with van der Waals surface area (Å²) in [5.41, 5.74) is 1.15. The highest BCUT2D eigenvalue weighted by molar-refractivity contribution is 6.05. The number of anilines is 1. The van der Waals surface area contributed by atoms with Crippen LogP contribution < -0.4 is 4.90 Å². The Labute approximate surface area is 161 Å². The lowest BCUT2D eigenvalue weighted by Gasteiger charge is -2.34. The third-order valence-electron chi connectivity index (χ3n) is 4.92. The molecule has 28 heavy (non-hydrogen) atoms. The highest BCUT2D eigenvalue weighted by Gasteiger charge is 2.30. The Morgan fingerprint density at radius 2 is 1.68 bits per heavy atom. The standard InChI is InChI=1S/C22H17N3O3/c23-13-17-7-3-4-8-19(17)25-10-9-24(14-21(25)27)22(28)18-11-15-5-1-2-6-16(15)12-20(18)26/h1-8,11-12,26H,9-10,14H2. The first-order chi connectivity index (χ1) is 13.6. The van der Waals surface area contributed by atoms with Crippen molar-refractivity contribution in [2.24, 2.45) is 0 Å². The Kier molecular flexibility index (Phi) is 4.42. The second-order valence-electron chi connectivity index (χ2n) is 6.62. The van der Waals surface area contributed by atoms with Crippen molar-refractivity contribution in [3.8, 4) is 11.8 Å². The summed E-state index contributed by atoms with van der Waals surface area (Å²) in [4.78, 5) is 28.5. The van der Waals surface area contributed by atoms with Gasteiger partial charge in [-0.1, -0.05) is 36.4 Å². The van der Waals surface area contributed by atoms with Gasteiger partial charge in [0.25, 0.3) is 5.91 Å². The summed E-state index contributed by atoms with van der Waals surface area (Å²) >= 11 is 0. The van der Waals surface area contributed by atoms with Crippen molar-refractivity contribution in [2.75, 3.05) is 24.5 Å². The number of rotatable bonds is 2. The minimum absolute atomic E-state index is 0.103. The number of aromatic hydroxyl groups is 1. The molecular formula is C22H17N3O3. The number of hydrogen-bond acceptors (Lipinski definition) is 4. The zero-order chi connectivity index (χ0) is 19.7. The van der Waals surface area contributed by atoms with E-state index in [2.05, 4.69) is 6.07 Å². The van der Waals surface area contributed by atoms with Gasteiger partial charge in [-0.2, -0.15) is 5.26 Å². The van der Waals surface area contributed by atoms with Crippen molar-refractivity contribution in [2.45, 2.75) is 0 Å². The predicted molar refractivity (Wildman–Crippen MR) is 105 cm³/mol.